The number of halogens is 2. The minimum atomic E-state index is -1.31. The highest BCUT2D eigenvalue weighted by Gasteiger charge is 2.26. The third-order valence-electron chi connectivity index (χ3n) is 2.90. The van der Waals surface area contributed by atoms with Crippen molar-refractivity contribution < 1.29 is 13.9 Å². The van der Waals surface area contributed by atoms with Crippen molar-refractivity contribution in [1.82, 2.24) is 15.0 Å². The van der Waals surface area contributed by atoms with Gasteiger partial charge in [-0.25, -0.2) is 19.2 Å². The number of carbonyl (C=O) groups is 1. The molecule has 2 heterocycles. The first-order chi connectivity index (χ1) is 9.36. The molecule has 0 aliphatic heterocycles. The molecule has 6 nitrogen and oxygen atoms in total. The number of methoxy groups -OCH3 is 1. The zero-order chi connectivity index (χ0) is 15.0. The van der Waals surface area contributed by atoms with Gasteiger partial charge >= 0.3 is 5.97 Å². The van der Waals surface area contributed by atoms with Gasteiger partial charge in [-0.3, -0.25) is 0 Å². The van der Waals surface area contributed by atoms with Gasteiger partial charge in [-0.05, 0) is 5.92 Å². The normalized spacial score (nSPS) is 12.9. The predicted octanol–water partition coefficient (Wildman–Crippen LogP) is 2.65. The number of alkyl halides is 1. The van der Waals surface area contributed by atoms with Crippen LogP contribution in [-0.2, 0) is 4.74 Å². The Kier molecular flexibility index (Phi) is 3.80. The van der Waals surface area contributed by atoms with Crippen LogP contribution < -0.4 is 5.73 Å². The number of carbonyl (C=O) groups excluding carboxylic acids is 1. The van der Waals surface area contributed by atoms with Crippen LogP contribution in [0.25, 0.3) is 11.0 Å². The Morgan fingerprint density at radius 1 is 1.45 bits per heavy atom. The summed E-state index contributed by atoms with van der Waals surface area (Å²) in [5.41, 5.74) is 6.22. The Morgan fingerprint density at radius 2 is 2.10 bits per heavy atom. The molecule has 3 N–H and O–H groups in total. The number of esters is 1. The Labute approximate surface area is 119 Å². The lowest BCUT2D eigenvalue weighted by Gasteiger charge is -2.12. The molecule has 0 aromatic carbocycles. The Hall–Kier alpha value is -1.89. The standard InChI is InChI=1S/C12H14ClFN4O2/c1-4(2)7(14)5-6-9(15)17-11(12(19)20-3)18-10(6)16-8(5)13/h4,7H,1-3H3,(H3,15,16,17,18). The number of hydrogen-bond acceptors (Lipinski definition) is 5. The first kappa shape index (κ1) is 14.5. The summed E-state index contributed by atoms with van der Waals surface area (Å²) in [5.74, 6) is -1.24. The number of nitrogen functional groups attached to an aromatic ring is 1. The molecule has 20 heavy (non-hydrogen) atoms. The molecule has 1 atom stereocenters. The van der Waals surface area contributed by atoms with Crippen molar-refractivity contribution >= 4 is 34.4 Å². The molecule has 0 amide bonds. The maximum atomic E-state index is 14.3. The quantitative estimate of drug-likeness (QED) is 0.850. The van der Waals surface area contributed by atoms with E-state index in [1.165, 1.54) is 7.11 Å². The number of nitrogens with one attached hydrogen (secondary N) is 1. The lowest BCUT2D eigenvalue weighted by atomic mass is 10.0. The van der Waals surface area contributed by atoms with Crippen LogP contribution in [0.4, 0.5) is 10.2 Å². The molecular formula is C12H14ClFN4O2. The third kappa shape index (κ3) is 2.29. The highest BCUT2D eigenvalue weighted by atomic mass is 35.5. The summed E-state index contributed by atoms with van der Waals surface area (Å²) in [5, 5.41) is 0.396. The van der Waals surface area contributed by atoms with E-state index in [0.29, 0.717) is 5.39 Å². The zero-order valence-corrected chi connectivity index (χ0v) is 12.0. The van der Waals surface area contributed by atoms with Crippen LogP contribution >= 0.6 is 11.6 Å². The minimum absolute atomic E-state index is 0.0168. The number of rotatable bonds is 3. The van der Waals surface area contributed by atoms with Gasteiger partial charge in [0.15, 0.2) is 0 Å². The summed E-state index contributed by atoms with van der Waals surface area (Å²) in [6.07, 6.45) is -1.31. The summed E-state index contributed by atoms with van der Waals surface area (Å²) in [6, 6.07) is 0. The van der Waals surface area contributed by atoms with Gasteiger partial charge < -0.3 is 15.5 Å². The number of nitrogens with two attached hydrogens (primary N) is 1. The van der Waals surface area contributed by atoms with Crippen LogP contribution in [0.2, 0.25) is 5.15 Å². The first-order valence-corrected chi connectivity index (χ1v) is 6.31. The smallest absolute Gasteiger partial charge is 0.376 e. The topological polar surface area (TPSA) is 93.9 Å². The average molecular weight is 301 g/mol. The second kappa shape index (κ2) is 5.24. The van der Waals surface area contributed by atoms with E-state index in [1.807, 2.05) is 0 Å². The van der Waals surface area contributed by atoms with Crippen molar-refractivity contribution in [2.24, 2.45) is 5.92 Å². The molecule has 108 valence electrons. The summed E-state index contributed by atoms with van der Waals surface area (Å²) in [7, 11) is 1.20. The molecular weight excluding hydrogens is 287 g/mol. The lowest BCUT2D eigenvalue weighted by Crippen LogP contribution is -2.10. The van der Waals surface area contributed by atoms with Crippen molar-refractivity contribution in [2.75, 3.05) is 12.8 Å². The van der Waals surface area contributed by atoms with Gasteiger partial charge in [-0.15, -0.1) is 0 Å². The minimum Gasteiger partial charge on any atom is -0.463 e. The van der Waals surface area contributed by atoms with E-state index in [4.69, 9.17) is 17.3 Å². The van der Waals surface area contributed by atoms with Crippen molar-refractivity contribution in [1.29, 1.82) is 0 Å². The molecule has 0 spiro atoms. The van der Waals surface area contributed by atoms with E-state index in [9.17, 15) is 9.18 Å². The molecule has 2 aromatic rings. The maximum absolute atomic E-state index is 14.3. The van der Waals surface area contributed by atoms with Gasteiger partial charge in [0, 0.05) is 5.56 Å². The van der Waals surface area contributed by atoms with Gasteiger partial charge in [0.25, 0.3) is 0 Å². The van der Waals surface area contributed by atoms with Crippen LogP contribution in [0, 0.1) is 5.92 Å². The van der Waals surface area contributed by atoms with E-state index < -0.39 is 12.1 Å². The fourth-order valence-electron chi connectivity index (χ4n) is 1.89. The van der Waals surface area contributed by atoms with Gasteiger partial charge in [0.05, 0.1) is 12.5 Å². The second-order valence-electron chi connectivity index (χ2n) is 4.65. The molecule has 0 radical (unpaired) electrons. The van der Waals surface area contributed by atoms with Crippen LogP contribution in [-0.4, -0.2) is 28.0 Å². The summed E-state index contributed by atoms with van der Waals surface area (Å²) in [4.78, 5) is 21.9. The highest BCUT2D eigenvalue weighted by Crippen LogP contribution is 2.38. The van der Waals surface area contributed by atoms with Gasteiger partial charge in [-0.2, -0.15) is 0 Å². The number of hydrogen-bond donors (Lipinski definition) is 2. The number of H-pyrrole nitrogens is 1. The first-order valence-electron chi connectivity index (χ1n) is 5.93. The summed E-state index contributed by atoms with van der Waals surface area (Å²) >= 11 is 6.01. The molecule has 2 rings (SSSR count). The van der Waals surface area contributed by atoms with Gasteiger partial charge in [0.2, 0.25) is 5.82 Å². The molecule has 0 saturated heterocycles. The Bertz CT molecular complexity index is 671. The molecule has 0 aliphatic carbocycles. The molecule has 1 unspecified atom stereocenters. The Morgan fingerprint density at radius 3 is 2.65 bits per heavy atom. The molecule has 0 fully saturated rings. The zero-order valence-electron chi connectivity index (χ0n) is 11.2. The van der Waals surface area contributed by atoms with E-state index in [1.54, 1.807) is 13.8 Å². The fraction of sp³-hybridized carbons (Fsp3) is 0.417. The fourth-order valence-corrected chi connectivity index (χ4v) is 2.18. The van der Waals surface area contributed by atoms with Gasteiger partial charge in [0.1, 0.15) is 22.8 Å². The van der Waals surface area contributed by atoms with E-state index in [0.717, 1.165) is 0 Å². The summed E-state index contributed by atoms with van der Waals surface area (Å²) in [6.45, 7) is 3.44. The number of aromatic amines is 1. The molecule has 0 bridgehead atoms. The SMILES string of the molecule is COC(=O)c1nc(N)c2c(C(F)C(C)C)c(Cl)[nH]c2n1. The van der Waals surface area contributed by atoms with Crippen LogP contribution in [0.1, 0.15) is 36.2 Å². The monoisotopic (exact) mass is 300 g/mol. The average Bonchev–Trinajstić information content (AvgIpc) is 2.73. The highest BCUT2D eigenvalue weighted by molar-refractivity contribution is 6.32. The lowest BCUT2D eigenvalue weighted by molar-refractivity contribution is 0.0587. The van der Waals surface area contributed by atoms with Crippen molar-refractivity contribution in [2.45, 2.75) is 20.0 Å². The Balaban J connectivity index is 2.69. The summed E-state index contributed by atoms with van der Waals surface area (Å²) < 4.78 is 18.8. The number of anilines is 1. The van der Waals surface area contributed by atoms with Crippen molar-refractivity contribution in [3.63, 3.8) is 0 Å². The predicted molar refractivity (Wildman–Crippen MR) is 73.3 cm³/mol. The second-order valence-corrected chi connectivity index (χ2v) is 5.02. The molecule has 0 aliphatic rings. The van der Waals surface area contributed by atoms with Crippen LogP contribution in [0.15, 0.2) is 0 Å². The third-order valence-corrected chi connectivity index (χ3v) is 3.20. The molecule has 8 heteroatoms. The van der Waals surface area contributed by atoms with Crippen LogP contribution in [0.3, 0.4) is 0 Å². The van der Waals surface area contributed by atoms with Crippen LogP contribution in [0.5, 0.6) is 0 Å². The molecule has 2 aromatic heterocycles. The number of ether oxygens (including phenoxy) is 1. The van der Waals surface area contributed by atoms with E-state index in [2.05, 4.69) is 19.7 Å². The van der Waals surface area contributed by atoms with E-state index in [-0.39, 0.29) is 33.9 Å². The number of nitrogens with zero attached hydrogens (tertiary/aromatic N) is 2. The van der Waals surface area contributed by atoms with Crippen molar-refractivity contribution in [3.05, 3.63) is 16.5 Å². The molecule has 0 saturated carbocycles. The maximum Gasteiger partial charge on any atom is 0.376 e. The van der Waals surface area contributed by atoms with E-state index >= 15 is 0 Å². The van der Waals surface area contributed by atoms with Crippen molar-refractivity contribution in [3.8, 4) is 0 Å². The van der Waals surface area contributed by atoms with Gasteiger partial charge in [-0.1, -0.05) is 25.4 Å². The number of fused-ring (bicyclic) bond motifs is 1. The largest absolute Gasteiger partial charge is 0.463 e. The number of aromatic nitrogens is 3.